The molecular weight excluding hydrogens is 268 g/mol. The Bertz CT molecular complexity index is 746. The Hall–Kier alpha value is -2.76. The summed E-state index contributed by atoms with van der Waals surface area (Å²) in [6.45, 7) is 0.549. The molecule has 0 atom stereocenters. The second-order valence-corrected chi connectivity index (χ2v) is 4.69. The number of aromatic amines is 2. The van der Waals surface area contributed by atoms with E-state index in [4.69, 9.17) is 4.74 Å². The van der Waals surface area contributed by atoms with Crippen molar-refractivity contribution >= 4 is 16.8 Å². The van der Waals surface area contributed by atoms with Crippen LogP contribution in [0.5, 0.6) is 5.75 Å². The fraction of sp³-hybridized carbons (Fsp3) is 0.200. The first-order chi connectivity index (χ1) is 10.3. The van der Waals surface area contributed by atoms with Crippen LogP contribution in [0.2, 0.25) is 0 Å². The highest BCUT2D eigenvalue weighted by Gasteiger charge is 2.11. The van der Waals surface area contributed by atoms with Gasteiger partial charge in [0.15, 0.2) is 0 Å². The summed E-state index contributed by atoms with van der Waals surface area (Å²) in [6, 6.07) is 7.48. The predicted octanol–water partition coefficient (Wildman–Crippen LogP) is 1.87. The van der Waals surface area contributed by atoms with Crippen LogP contribution in [0.4, 0.5) is 0 Å². The first-order valence-electron chi connectivity index (χ1n) is 6.69. The molecule has 0 saturated heterocycles. The van der Waals surface area contributed by atoms with E-state index in [2.05, 4.69) is 20.3 Å². The third-order valence-corrected chi connectivity index (χ3v) is 3.32. The third kappa shape index (κ3) is 2.74. The molecule has 3 aromatic rings. The molecule has 0 spiro atoms. The van der Waals surface area contributed by atoms with Crippen molar-refractivity contribution in [2.24, 2.45) is 0 Å². The van der Waals surface area contributed by atoms with Crippen molar-refractivity contribution in [3.05, 3.63) is 48.2 Å². The minimum absolute atomic E-state index is 0.132. The number of methoxy groups -OCH3 is 1. The molecule has 21 heavy (non-hydrogen) atoms. The monoisotopic (exact) mass is 284 g/mol. The van der Waals surface area contributed by atoms with E-state index in [1.165, 1.54) is 0 Å². The van der Waals surface area contributed by atoms with E-state index in [9.17, 15) is 4.79 Å². The molecule has 0 aliphatic carbocycles. The van der Waals surface area contributed by atoms with Crippen LogP contribution < -0.4 is 10.1 Å². The summed E-state index contributed by atoms with van der Waals surface area (Å²) in [4.78, 5) is 22.2. The lowest BCUT2D eigenvalue weighted by Gasteiger charge is -2.01. The molecule has 0 bridgehead atoms. The molecule has 2 heterocycles. The van der Waals surface area contributed by atoms with Crippen molar-refractivity contribution < 1.29 is 9.53 Å². The minimum Gasteiger partial charge on any atom is -0.496 e. The molecule has 0 unspecified atom stereocenters. The third-order valence-electron chi connectivity index (χ3n) is 3.32. The van der Waals surface area contributed by atoms with E-state index >= 15 is 0 Å². The van der Waals surface area contributed by atoms with E-state index in [0.29, 0.717) is 12.2 Å². The number of imidazole rings is 1. The highest BCUT2D eigenvalue weighted by molar-refractivity contribution is 5.99. The first-order valence-corrected chi connectivity index (χ1v) is 6.69. The Morgan fingerprint density at radius 2 is 2.33 bits per heavy atom. The van der Waals surface area contributed by atoms with Gasteiger partial charge in [0.1, 0.15) is 11.4 Å². The first kappa shape index (κ1) is 13.2. The van der Waals surface area contributed by atoms with Crippen LogP contribution in [0.25, 0.3) is 10.9 Å². The maximum Gasteiger partial charge on any atom is 0.267 e. The fourth-order valence-corrected chi connectivity index (χ4v) is 2.26. The topological polar surface area (TPSA) is 82.8 Å². The van der Waals surface area contributed by atoms with Crippen molar-refractivity contribution in [3.63, 3.8) is 0 Å². The number of benzene rings is 1. The Morgan fingerprint density at radius 3 is 3.10 bits per heavy atom. The van der Waals surface area contributed by atoms with Crippen molar-refractivity contribution in [2.75, 3.05) is 13.7 Å². The number of nitrogens with one attached hydrogen (secondary N) is 3. The molecule has 6 nitrogen and oxygen atoms in total. The van der Waals surface area contributed by atoms with Crippen molar-refractivity contribution in [1.82, 2.24) is 20.3 Å². The van der Waals surface area contributed by atoms with Crippen LogP contribution >= 0.6 is 0 Å². The predicted molar refractivity (Wildman–Crippen MR) is 79.5 cm³/mol. The van der Waals surface area contributed by atoms with E-state index in [1.54, 1.807) is 25.7 Å². The average Bonchev–Trinajstić information content (AvgIpc) is 3.15. The number of rotatable bonds is 5. The van der Waals surface area contributed by atoms with Crippen molar-refractivity contribution in [2.45, 2.75) is 6.42 Å². The fourth-order valence-electron chi connectivity index (χ4n) is 2.26. The van der Waals surface area contributed by atoms with E-state index in [1.807, 2.05) is 18.2 Å². The zero-order valence-electron chi connectivity index (χ0n) is 11.6. The summed E-state index contributed by atoms with van der Waals surface area (Å²) in [5.41, 5.74) is 2.40. The molecule has 3 N–H and O–H groups in total. The number of carbonyl (C=O) groups is 1. The maximum atomic E-state index is 12.1. The lowest BCUT2D eigenvalue weighted by Crippen LogP contribution is -2.26. The summed E-state index contributed by atoms with van der Waals surface area (Å²) in [5.74, 6) is 0.619. The summed E-state index contributed by atoms with van der Waals surface area (Å²) in [7, 11) is 1.62. The van der Waals surface area contributed by atoms with Gasteiger partial charge in [-0.1, -0.05) is 6.07 Å². The summed E-state index contributed by atoms with van der Waals surface area (Å²) < 4.78 is 5.29. The van der Waals surface area contributed by atoms with Crippen LogP contribution in [-0.2, 0) is 6.42 Å². The van der Waals surface area contributed by atoms with Crippen LogP contribution in [0, 0.1) is 0 Å². The second kappa shape index (κ2) is 5.70. The molecule has 0 aliphatic heterocycles. The van der Waals surface area contributed by atoms with Gasteiger partial charge in [0.05, 0.1) is 13.4 Å². The highest BCUT2D eigenvalue weighted by Crippen LogP contribution is 2.25. The largest absolute Gasteiger partial charge is 0.496 e. The standard InChI is InChI=1S/C15H16N4O2/c1-21-14-4-2-3-12-11(14)7-13(19-12)15(20)17-6-5-10-8-16-9-18-10/h2-4,7-9,19H,5-6H2,1H3,(H,16,18)(H,17,20). The SMILES string of the molecule is COc1cccc2[nH]c(C(=O)NCCc3cnc[nH]3)cc12. The van der Waals surface area contributed by atoms with Crippen LogP contribution in [-0.4, -0.2) is 34.5 Å². The van der Waals surface area contributed by atoms with Gasteiger partial charge in [-0.3, -0.25) is 4.79 Å². The highest BCUT2D eigenvalue weighted by atomic mass is 16.5. The smallest absolute Gasteiger partial charge is 0.267 e. The quantitative estimate of drug-likeness (QED) is 0.669. The Morgan fingerprint density at radius 1 is 1.43 bits per heavy atom. The lowest BCUT2D eigenvalue weighted by atomic mass is 10.2. The minimum atomic E-state index is -0.132. The second-order valence-electron chi connectivity index (χ2n) is 4.69. The van der Waals surface area contributed by atoms with Gasteiger partial charge in [-0.15, -0.1) is 0 Å². The lowest BCUT2D eigenvalue weighted by molar-refractivity contribution is 0.0950. The van der Waals surface area contributed by atoms with Crippen LogP contribution in [0.1, 0.15) is 16.2 Å². The van der Waals surface area contributed by atoms with Gasteiger partial charge < -0.3 is 20.0 Å². The van der Waals surface area contributed by atoms with E-state index in [0.717, 1.165) is 28.8 Å². The average molecular weight is 284 g/mol. The molecule has 2 aromatic heterocycles. The van der Waals surface area contributed by atoms with Gasteiger partial charge in [-0.2, -0.15) is 0 Å². The number of aromatic nitrogens is 3. The van der Waals surface area contributed by atoms with Gasteiger partial charge in [-0.25, -0.2) is 4.98 Å². The Kier molecular flexibility index (Phi) is 3.59. The molecule has 1 aromatic carbocycles. The number of H-pyrrole nitrogens is 2. The van der Waals surface area contributed by atoms with Crippen LogP contribution in [0.3, 0.4) is 0 Å². The number of nitrogens with zero attached hydrogens (tertiary/aromatic N) is 1. The van der Waals surface area contributed by atoms with Gasteiger partial charge in [0, 0.05) is 35.8 Å². The van der Waals surface area contributed by atoms with Gasteiger partial charge >= 0.3 is 0 Å². The Balaban J connectivity index is 1.69. The summed E-state index contributed by atoms with van der Waals surface area (Å²) in [5, 5.41) is 3.78. The number of fused-ring (bicyclic) bond motifs is 1. The molecule has 1 amide bonds. The molecule has 108 valence electrons. The summed E-state index contributed by atoms with van der Waals surface area (Å²) >= 11 is 0. The number of hydrogen-bond donors (Lipinski definition) is 3. The molecule has 0 radical (unpaired) electrons. The summed E-state index contributed by atoms with van der Waals surface area (Å²) in [6.07, 6.45) is 4.09. The van der Waals surface area contributed by atoms with Gasteiger partial charge in [-0.05, 0) is 18.2 Å². The number of amides is 1. The zero-order chi connectivity index (χ0) is 14.7. The molecule has 0 saturated carbocycles. The number of hydrogen-bond acceptors (Lipinski definition) is 3. The van der Waals surface area contributed by atoms with Gasteiger partial charge in [0.25, 0.3) is 5.91 Å². The van der Waals surface area contributed by atoms with Crippen molar-refractivity contribution in [3.8, 4) is 5.75 Å². The molecule has 6 heteroatoms. The zero-order valence-corrected chi connectivity index (χ0v) is 11.6. The normalized spacial score (nSPS) is 10.7. The number of ether oxygens (including phenoxy) is 1. The number of carbonyl (C=O) groups excluding carboxylic acids is 1. The molecule has 0 aliphatic rings. The van der Waals surface area contributed by atoms with E-state index in [-0.39, 0.29) is 5.91 Å². The van der Waals surface area contributed by atoms with Crippen LogP contribution in [0.15, 0.2) is 36.8 Å². The Labute approximate surface area is 121 Å². The molecule has 3 rings (SSSR count). The van der Waals surface area contributed by atoms with Crippen molar-refractivity contribution in [1.29, 1.82) is 0 Å². The maximum absolute atomic E-state index is 12.1. The molecule has 0 fully saturated rings. The van der Waals surface area contributed by atoms with Gasteiger partial charge in [0.2, 0.25) is 0 Å². The molecular formula is C15H16N4O2. The van der Waals surface area contributed by atoms with E-state index < -0.39 is 0 Å².